The third-order valence-corrected chi connectivity index (χ3v) is 9.77. The van der Waals surface area contributed by atoms with E-state index < -0.39 is 48.0 Å². The molecule has 6 atom stereocenters. The molecule has 1 saturated heterocycles. The Balaban J connectivity index is 1.89. The van der Waals surface area contributed by atoms with Crippen LogP contribution in [-0.2, 0) is 36.8 Å². The fraction of sp³-hybridized carbons (Fsp3) is 0.553. The van der Waals surface area contributed by atoms with E-state index in [9.17, 15) is 29.1 Å². The molecular formula is C38H55N5O6. The average molecular weight is 678 g/mol. The monoisotopic (exact) mass is 677 g/mol. The van der Waals surface area contributed by atoms with E-state index in [2.05, 4.69) is 5.32 Å². The van der Waals surface area contributed by atoms with E-state index in [1.165, 1.54) is 21.7 Å². The number of nitrogens with one attached hydrogen (secondary N) is 1. The highest BCUT2D eigenvalue weighted by molar-refractivity contribution is 5.96. The molecule has 2 aromatic rings. The van der Waals surface area contributed by atoms with E-state index in [0.717, 1.165) is 11.1 Å². The Bertz CT molecular complexity index is 1420. The highest BCUT2D eigenvalue weighted by Crippen LogP contribution is 2.26. The molecule has 1 fully saturated rings. The topological polar surface area (TPSA) is 131 Å². The van der Waals surface area contributed by atoms with Gasteiger partial charge < -0.3 is 25.1 Å². The molecular weight excluding hydrogens is 622 g/mol. The van der Waals surface area contributed by atoms with Crippen LogP contribution < -0.4 is 5.32 Å². The molecule has 0 unspecified atom stereocenters. The first-order chi connectivity index (χ1) is 23.2. The van der Waals surface area contributed by atoms with Crippen LogP contribution in [0.4, 0.5) is 0 Å². The van der Waals surface area contributed by atoms with Crippen molar-refractivity contribution in [2.45, 2.75) is 90.0 Å². The van der Waals surface area contributed by atoms with Gasteiger partial charge in [0.15, 0.2) is 0 Å². The number of carboxylic acids is 1. The summed E-state index contributed by atoms with van der Waals surface area (Å²) in [6, 6.07) is 14.8. The minimum Gasteiger partial charge on any atom is -0.480 e. The number of likely N-dealkylation sites (tertiary alicyclic amines) is 1. The third kappa shape index (κ3) is 9.90. The normalized spacial score (nSPS) is 17.6. The summed E-state index contributed by atoms with van der Waals surface area (Å²) in [7, 11) is 6.71. The lowest BCUT2D eigenvalue weighted by molar-refractivity contribution is -0.156. The maximum absolute atomic E-state index is 14.4. The van der Waals surface area contributed by atoms with Crippen molar-refractivity contribution in [3.05, 3.63) is 71.8 Å². The lowest BCUT2D eigenvalue weighted by Crippen LogP contribution is -2.60. The molecule has 49 heavy (non-hydrogen) atoms. The van der Waals surface area contributed by atoms with Gasteiger partial charge in [-0.15, -0.1) is 0 Å². The number of aliphatic carboxylic acids is 1. The molecule has 0 aromatic heterocycles. The van der Waals surface area contributed by atoms with Gasteiger partial charge in [0, 0.05) is 27.1 Å². The molecule has 11 heteroatoms. The van der Waals surface area contributed by atoms with Crippen molar-refractivity contribution in [3.8, 4) is 0 Å². The van der Waals surface area contributed by atoms with Crippen molar-refractivity contribution < 1.29 is 29.1 Å². The zero-order valence-corrected chi connectivity index (χ0v) is 30.3. The Morgan fingerprint density at radius 1 is 0.837 bits per heavy atom. The second kappa shape index (κ2) is 17.9. The van der Waals surface area contributed by atoms with Gasteiger partial charge in [0.25, 0.3) is 0 Å². The number of hydrogen-bond donors (Lipinski definition) is 2. The number of carbonyl (C=O) groups is 5. The van der Waals surface area contributed by atoms with Crippen molar-refractivity contribution in [1.29, 1.82) is 0 Å². The molecule has 0 radical (unpaired) electrons. The van der Waals surface area contributed by atoms with Crippen LogP contribution in [0.3, 0.4) is 0 Å². The summed E-state index contributed by atoms with van der Waals surface area (Å²) in [6.45, 7) is 7.69. The Morgan fingerprint density at radius 3 is 1.88 bits per heavy atom. The van der Waals surface area contributed by atoms with Gasteiger partial charge in [0.2, 0.25) is 23.6 Å². The summed E-state index contributed by atoms with van der Waals surface area (Å²) in [4.78, 5) is 74.4. The van der Waals surface area contributed by atoms with Crippen molar-refractivity contribution in [2.24, 2.45) is 11.8 Å². The SMILES string of the molecule is CC[C@@H](C)[C@H](C(=O)O)N(C)C(=O)[C@@H]1CCCN1C(=O)[C@H](C(C)C)N(C)C(=O)[C@@H](Cc1ccccc1)NC(=O)[C@H](Cc1ccccc1)N(C)C. The van der Waals surface area contributed by atoms with Crippen LogP contribution in [0.25, 0.3) is 0 Å². The standard InChI is InChI=1S/C38H55N5O6/c1-9-26(4)33(38(48)49)42(8)36(46)30-21-16-22-43(30)37(47)32(25(2)3)41(7)35(45)29(23-27-17-12-10-13-18-27)39-34(44)31(40(5)6)24-28-19-14-11-15-20-28/h10-15,17-20,25-26,29-33H,9,16,21-24H2,1-8H3,(H,39,44)(H,48,49)/t26-,29-,30+,31+,32+,33-/m1/s1. The van der Waals surface area contributed by atoms with Crippen LogP contribution in [0.2, 0.25) is 0 Å². The first kappa shape index (κ1) is 39.2. The van der Waals surface area contributed by atoms with Crippen LogP contribution in [0, 0.1) is 11.8 Å². The molecule has 1 aliphatic heterocycles. The van der Waals surface area contributed by atoms with Gasteiger partial charge in [-0.1, -0.05) is 94.8 Å². The van der Waals surface area contributed by atoms with E-state index in [0.29, 0.717) is 32.2 Å². The minimum atomic E-state index is -1.08. The molecule has 4 amide bonds. The first-order valence-corrected chi connectivity index (χ1v) is 17.3. The van der Waals surface area contributed by atoms with Crippen LogP contribution in [0.15, 0.2) is 60.7 Å². The van der Waals surface area contributed by atoms with Gasteiger partial charge in [0.1, 0.15) is 24.2 Å². The first-order valence-electron chi connectivity index (χ1n) is 17.3. The zero-order valence-electron chi connectivity index (χ0n) is 30.3. The van der Waals surface area contributed by atoms with Crippen LogP contribution in [0.5, 0.6) is 0 Å². The summed E-state index contributed by atoms with van der Waals surface area (Å²) in [5, 5.41) is 12.9. The molecule has 2 aromatic carbocycles. The lowest BCUT2D eigenvalue weighted by Gasteiger charge is -2.38. The van der Waals surface area contributed by atoms with Crippen LogP contribution >= 0.6 is 0 Å². The van der Waals surface area contributed by atoms with Gasteiger partial charge in [-0.3, -0.25) is 24.1 Å². The fourth-order valence-corrected chi connectivity index (χ4v) is 6.79. The Morgan fingerprint density at radius 2 is 1.39 bits per heavy atom. The van der Waals surface area contributed by atoms with Crippen molar-refractivity contribution in [2.75, 3.05) is 34.7 Å². The highest BCUT2D eigenvalue weighted by atomic mass is 16.4. The predicted octanol–water partition coefficient (Wildman–Crippen LogP) is 3.32. The maximum Gasteiger partial charge on any atom is 0.326 e. The largest absolute Gasteiger partial charge is 0.480 e. The molecule has 0 saturated carbocycles. The summed E-state index contributed by atoms with van der Waals surface area (Å²) in [6.07, 6.45) is 2.24. The molecule has 0 aliphatic carbocycles. The summed E-state index contributed by atoms with van der Waals surface area (Å²) >= 11 is 0. The van der Waals surface area contributed by atoms with Gasteiger partial charge >= 0.3 is 5.97 Å². The van der Waals surface area contributed by atoms with Crippen molar-refractivity contribution in [3.63, 3.8) is 0 Å². The highest BCUT2D eigenvalue weighted by Gasteiger charge is 2.44. The molecule has 0 spiro atoms. The van der Waals surface area contributed by atoms with Crippen molar-refractivity contribution >= 4 is 29.6 Å². The van der Waals surface area contributed by atoms with Crippen LogP contribution in [-0.4, -0.2) is 119 Å². The number of rotatable bonds is 16. The molecule has 1 heterocycles. The van der Waals surface area contributed by atoms with Crippen LogP contribution in [0.1, 0.15) is 58.1 Å². The smallest absolute Gasteiger partial charge is 0.326 e. The number of carboxylic acid groups (broad SMARTS) is 1. The Hall–Kier alpha value is -4.25. The molecule has 3 rings (SSSR count). The fourth-order valence-electron chi connectivity index (χ4n) is 6.79. The number of benzene rings is 2. The summed E-state index contributed by atoms with van der Waals surface area (Å²) in [5.41, 5.74) is 1.85. The molecule has 2 N–H and O–H groups in total. The number of amides is 4. The maximum atomic E-state index is 14.4. The van der Waals surface area contributed by atoms with E-state index in [-0.39, 0.29) is 30.1 Å². The second-order valence-corrected chi connectivity index (χ2v) is 13.9. The van der Waals surface area contributed by atoms with Gasteiger partial charge in [-0.2, -0.15) is 0 Å². The number of likely N-dealkylation sites (N-methyl/N-ethyl adjacent to an activating group) is 3. The lowest BCUT2D eigenvalue weighted by atomic mass is 9.96. The zero-order chi connectivity index (χ0) is 36.4. The minimum absolute atomic E-state index is 0.224. The van der Waals surface area contributed by atoms with E-state index >= 15 is 0 Å². The second-order valence-electron chi connectivity index (χ2n) is 13.9. The third-order valence-electron chi connectivity index (χ3n) is 9.77. The molecule has 1 aliphatic rings. The Labute approximate surface area is 291 Å². The average Bonchev–Trinajstić information content (AvgIpc) is 3.56. The summed E-state index contributed by atoms with van der Waals surface area (Å²) in [5.74, 6) is -3.18. The number of carbonyl (C=O) groups excluding carboxylic acids is 4. The molecule has 0 bridgehead atoms. The van der Waals surface area contributed by atoms with Crippen molar-refractivity contribution in [1.82, 2.24) is 24.9 Å². The van der Waals surface area contributed by atoms with E-state index in [4.69, 9.17) is 0 Å². The van der Waals surface area contributed by atoms with Gasteiger partial charge in [-0.05, 0) is 56.3 Å². The van der Waals surface area contributed by atoms with Gasteiger partial charge in [0.05, 0.1) is 6.04 Å². The molecule has 268 valence electrons. The predicted molar refractivity (Wildman–Crippen MR) is 189 cm³/mol. The van der Waals surface area contributed by atoms with E-state index in [1.54, 1.807) is 14.0 Å². The van der Waals surface area contributed by atoms with Gasteiger partial charge in [-0.25, -0.2) is 4.79 Å². The quantitative estimate of drug-likeness (QED) is 0.279. The Kier molecular flexibility index (Phi) is 14.4. The number of nitrogens with zero attached hydrogens (tertiary/aromatic N) is 4. The number of hydrogen-bond acceptors (Lipinski definition) is 6. The summed E-state index contributed by atoms with van der Waals surface area (Å²) < 4.78 is 0. The molecule has 11 nitrogen and oxygen atoms in total. The van der Waals surface area contributed by atoms with E-state index in [1.807, 2.05) is 100 Å².